The highest BCUT2D eigenvalue weighted by Gasteiger charge is 2.63. The molecule has 86 valence electrons. The van der Waals surface area contributed by atoms with Gasteiger partial charge in [0.2, 0.25) is 0 Å². The van der Waals surface area contributed by atoms with Gasteiger partial charge in [-0.25, -0.2) is 0 Å². The fourth-order valence-corrected chi connectivity index (χ4v) is 4.63. The second-order valence-corrected chi connectivity index (χ2v) is 6.49. The minimum Gasteiger partial charge on any atom is -0.396 e. The minimum atomic E-state index is -0.0693. The summed E-state index contributed by atoms with van der Waals surface area (Å²) in [6, 6.07) is 0. The first kappa shape index (κ1) is 11.5. The van der Waals surface area contributed by atoms with Crippen molar-refractivity contribution in [1.82, 2.24) is 0 Å². The van der Waals surface area contributed by atoms with Gasteiger partial charge in [0.05, 0.1) is 6.61 Å². The van der Waals surface area contributed by atoms with Gasteiger partial charge in [-0.15, -0.1) is 0 Å². The number of rotatable bonds is 4. The predicted molar refractivity (Wildman–Crippen MR) is 63.0 cm³/mol. The molecule has 0 unspecified atom stereocenters. The molecule has 0 saturated heterocycles. The highest BCUT2D eigenvalue weighted by atomic mass is 32.2. The van der Waals surface area contributed by atoms with Crippen molar-refractivity contribution in [3.8, 4) is 0 Å². The molecule has 0 radical (unpaired) electrons. The molecule has 2 nitrogen and oxygen atoms in total. The summed E-state index contributed by atoms with van der Waals surface area (Å²) < 4.78 is 0. The zero-order chi connectivity index (χ0) is 11.1. The van der Waals surface area contributed by atoms with E-state index in [1.165, 1.54) is 6.42 Å². The summed E-state index contributed by atoms with van der Waals surface area (Å²) in [6.45, 7) is 4.68. The van der Waals surface area contributed by atoms with Crippen LogP contribution in [0.2, 0.25) is 0 Å². The fourth-order valence-electron chi connectivity index (χ4n) is 3.38. The van der Waals surface area contributed by atoms with Crippen LogP contribution in [-0.4, -0.2) is 29.0 Å². The van der Waals surface area contributed by atoms with Gasteiger partial charge in [-0.1, -0.05) is 13.8 Å². The van der Waals surface area contributed by atoms with Crippen LogP contribution in [0.15, 0.2) is 0 Å². The van der Waals surface area contributed by atoms with Gasteiger partial charge in [0.15, 0.2) is 0 Å². The summed E-state index contributed by atoms with van der Waals surface area (Å²) >= 11 is 1.80. The molecule has 2 rings (SSSR count). The second-order valence-electron chi connectivity index (χ2n) is 5.39. The smallest absolute Gasteiger partial charge is 0.139 e. The maximum absolute atomic E-state index is 11.9. The SMILES string of the molecule is C[C@]1(CSCCO)[C@H]2CC[C@]1(C)C(=O)C2. The molecule has 1 N–H and O–H groups in total. The van der Waals surface area contributed by atoms with Gasteiger partial charge in [0, 0.05) is 17.6 Å². The van der Waals surface area contributed by atoms with E-state index in [-0.39, 0.29) is 17.4 Å². The third kappa shape index (κ3) is 1.47. The Balaban J connectivity index is 2.11. The molecular formula is C12H20O2S. The molecule has 2 aliphatic rings. The molecule has 0 aromatic rings. The van der Waals surface area contributed by atoms with Crippen molar-refractivity contribution in [2.45, 2.75) is 33.1 Å². The molecule has 0 spiro atoms. The Morgan fingerprint density at radius 2 is 2.27 bits per heavy atom. The van der Waals surface area contributed by atoms with Gasteiger partial charge in [-0.05, 0) is 29.9 Å². The van der Waals surface area contributed by atoms with Gasteiger partial charge in [-0.3, -0.25) is 4.79 Å². The first-order valence-corrected chi connectivity index (χ1v) is 6.92. The van der Waals surface area contributed by atoms with E-state index in [2.05, 4.69) is 13.8 Å². The normalized spacial score (nSPS) is 43.9. The van der Waals surface area contributed by atoms with Crippen LogP contribution in [0.25, 0.3) is 0 Å². The third-order valence-electron chi connectivity index (χ3n) is 4.84. The number of aliphatic hydroxyl groups is 1. The predicted octanol–water partition coefficient (Wildman–Crippen LogP) is 2.11. The summed E-state index contributed by atoms with van der Waals surface area (Å²) in [4.78, 5) is 11.9. The summed E-state index contributed by atoms with van der Waals surface area (Å²) in [5.41, 5.74) is 0.115. The Kier molecular flexibility index (Phi) is 2.89. The van der Waals surface area contributed by atoms with Crippen LogP contribution in [0.1, 0.15) is 33.1 Å². The standard InChI is InChI=1S/C12H20O2S/c1-11-4-3-9(7-10(11)14)12(11,2)8-15-6-5-13/h9,13H,3-8H2,1-2H3/t9-,11+,12-/m0/s1. The Labute approximate surface area is 95.8 Å². The molecule has 3 heteroatoms. The van der Waals surface area contributed by atoms with E-state index in [0.717, 1.165) is 24.3 Å². The molecule has 0 heterocycles. The number of carbonyl (C=O) groups excluding carboxylic acids is 1. The zero-order valence-corrected chi connectivity index (χ0v) is 10.4. The largest absolute Gasteiger partial charge is 0.396 e. The van der Waals surface area contributed by atoms with Crippen LogP contribution in [-0.2, 0) is 4.79 Å². The molecular weight excluding hydrogens is 208 g/mol. The number of hydrogen-bond donors (Lipinski definition) is 1. The number of fused-ring (bicyclic) bond motifs is 2. The van der Waals surface area contributed by atoms with Gasteiger partial charge in [-0.2, -0.15) is 11.8 Å². The van der Waals surface area contributed by atoms with Crippen molar-refractivity contribution in [3.05, 3.63) is 0 Å². The van der Waals surface area contributed by atoms with Crippen LogP contribution in [0.3, 0.4) is 0 Å². The summed E-state index contributed by atoms with van der Waals surface area (Å²) in [5.74, 6) is 2.90. The molecule has 0 aromatic heterocycles. The number of hydrogen-bond acceptors (Lipinski definition) is 3. The quantitative estimate of drug-likeness (QED) is 0.749. The van der Waals surface area contributed by atoms with Crippen molar-refractivity contribution >= 4 is 17.5 Å². The summed E-state index contributed by atoms with van der Waals surface area (Å²) in [6.07, 6.45) is 3.10. The highest BCUT2D eigenvalue weighted by molar-refractivity contribution is 7.99. The first-order chi connectivity index (χ1) is 7.04. The minimum absolute atomic E-state index is 0.0693. The average Bonchev–Trinajstić information content (AvgIpc) is 2.53. The van der Waals surface area contributed by atoms with E-state index < -0.39 is 0 Å². The number of thioether (sulfide) groups is 1. The Morgan fingerprint density at radius 3 is 2.73 bits per heavy atom. The number of Topliss-reactive ketones (excluding diaryl/α,β-unsaturated/α-hetero) is 1. The number of aliphatic hydroxyl groups excluding tert-OH is 1. The van der Waals surface area contributed by atoms with E-state index in [9.17, 15) is 4.79 Å². The molecule has 0 aliphatic heterocycles. The molecule has 15 heavy (non-hydrogen) atoms. The van der Waals surface area contributed by atoms with E-state index in [1.807, 2.05) is 0 Å². The Bertz CT molecular complexity index is 279. The molecule has 2 aliphatic carbocycles. The van der Waals surface area contributed by atoms with Crippen molar-refractivity contribution < 1.29 is 9.90 Å². The summed E-state index contributed by atoms with van der Waals surface area (Å²) in [5, 5.41) is 8.80. The molecule has 0 aromatic carbocycles. The van der Waals surface area contributed by atoms with Crippen molar-refractivity contribution in [3.63, 3.8) is 0 Å². The maximum Gasteiger partial charge on any atom is 0.139 e. The van der Waals surface area contributed by atoms with E-state index in [4.69, 9.17) is 5.11 Å². The monoisotopic (exact) mass is 228 g/mol. The fraction of sp³-hybridized carbons (Fsp3) is 0.917. The first-order valence-electron chi connectivity index (χ1n) is 5.76. The van der Waals surface area contributed by atoms with E-state index in [0.29, 0.717) is 11.7 Å². The molecule has 2 saturated carbocycles. The molecule has 2 bridgehead atoms. The van der Waals surface area contributed by atoms with Crippen LogP contribution >= 0.6 is 11.8 Å². The van der Waals surface area contributed by atoms with E-state index in [1.54, 1.807) is 11.8 Å². The van der Waals surface area contributed by atoms with Gasteiger partial charge in [0.1, 0.15) is 5.78 Å². The average molecular weight is 228 g/mol. The number of carbonyl (C=O) groups is 1. The van der Waals surface area contributed by atoms with Crippen molar-refractivity contribution in [1.29, 1.82) is 0 Å². The molecule has 2 fully saturated rings. The molecule has 3 atom stereocenters. The van der Waals surface area contributed by atoms with Gasteiger partial charge >= 0.3 is 0 Å². The van der Waals surface area contributed by atoms with Crippen LogP contribution in [0, 0.1) is 16.7 Å². The number of ketones is 1. The lowest BCUT2D eigenvalue weighted by Gasteiger charge is -2.36. The van der Waals surface area contributed by atoms with E-state index >= 15 is 0 Å². The summed E-state index contributed by atoms with van der Waals surface area (Å²) in [7, 11) is 0. The van der Waals surface area contributed by atoms with Crippen LogP contribution < -0.4 is 0 Å². The Morgan fingerprint density at radius 1 is 1.53 bits per heavy atom. The van der Waals surface area contributed by atoms with Crippen LogP contribution in [0.5, 0.6) is 0 Å². The van der Waals surface area contributed by atoms with Gasteiger partial charge in [0.25, 0.3) is 0 Å². The molecule has 0 amide bonds. The van der Waals surface area contributed by atoms with Crippen molar-refractivity contribution in [2.75, 3.05) is 18.1 Å². The van der Waals surface area contributed by atoms with Crippen molar-refractivity contribution in [2.24, 2.45) is 16.7 Å². The van der Waals surface area contributed by atoms with Gasteiger partial charge < -0.3 is 5.11 Å². The maximum atomic E-state index is 11.9. The zero-order valence-electron chi connectivity index (χ0n) is 9.58. The lowest BCUT2D eigenvalue weighted by atomic mass is 9.70. The highest BCUT2D eigenvalue weighted by Crippen LogP contribution is 2.64. The lowest BCUT2D eigenvalue weighted by Crippen LogP contribution is -2.37. The van der Waals surface area contributed by atoms with Crippen LogP contribution in [0.4, 0.5) is 0 Å². The Hall–Kier alpha value is -0.0200. The third-order valence-corrected chi connectivity index (χ3v) is 6.11. The second kappa shape index (κ2) is 3.77. The lowest BCUT2D eigenvalue weighted by molar-refractivity contribution is -0.128. The topological polar surface area (TPSA) is 37.3 Å².